The van der Waals surface area contributed by atoms with Gasteiger partial charge >= 0.3 is 0 Å². The lowest BCUT2D eigenvalue weighted by molar-refractivity contribution is -0.116. The first-order valence-electron chi connectivity index (χ1n) is 4.38. The van der Waals surface area contributed by atoms with Crippen molar-refractivity contribution in [3.8, 4) is 0 Å². The summed E-state index contributed by atoms with van der Waals surface area (Å²) in [5, 5.41) is 0. The van der Waals surface area contributed by atoms with Crippen LogP contribution in [0.3, 0.4) is 0 Å². The van der Waals surface area contributed by atoms with Gasteiger partial charge in [0.05, 0.1) is 6.54 Å². The molecule has 0 radical (unpaired) electrons. The van der Waals surface area contributed by atoms with Crippen molar-refractivity contribution in [1.82, 2.24) is 4.98 Å². The predicted octanol–water partition coefficient (Wildman–Crippen LogP) is -0.0246. The fraction of sp³-hybridized carbons (Fsp3) is 0.333. The molecule has 0 spiro atoms. The minimum absolute atomic E-state index is 0.160. The average Bonchev–Trinajstić information content (AvgIpc) is 2.14. The van der Waals surface area contributed by atoms with Crippen LogP contribution in [0.4, 0.5) is 11.5 Å². The maximum Gasteiger partial charge on any atom is 0.236 e. The second-order valence-electron chi connectivity index (χ2n) is 2.93. The number of likely N-dealkylation sites (N-methyl/N-ethyl adjacent to an activating group) is 1. The number of aromatic nitrogens is 1. The van der Waals surface area contributed by atoms with E-state index < -0.39 is 0 Å². The van der Waals surface area contributed by atoms with E-state index >= 15 is 0 Å². The van der Waals surface area contributed by atoms with Crippen molar-refractivity contribution in [2.24, 2.45) is 5.73 Å². The van der Waals surface area contributed by atoms with Gasteiger partial charge in [0.2, 0.25) is 5.91 Å². The van der Waals surface area contributed by atoms with Crippen LogP contribution in [0.1, 0.15) is 6.92 Å². The highest BCUT2D eigenvalue weighted by Gasteiger charge is 2.08. The Morgan fingerprint density at radius 3 is 2.86 bits per heavy atom. The fourth-order valence-electron chi connectivity index (χ4n) is 1.15. The molecule has 0 aliphatic heterocycles. The SMILES string of the molecule is CCN(CC(N)=O)c1cc(N)ccn1. The Balaban J connectivity index is 2.83. The van der Waals surface area contributed by atoms with E-state index in [0.717, 1.165) is 0 Å². The van der Waals surface area contributed by atoms with Gasteiger partial charge in [-0.15, -0.1) is 0 Å². The summed E-state index contributed by atoms with van der Waals surface area (Å²) in [4.78, 5) is 16.6. The largest absolute Gasteiger partial charge is 0.399 e. The zero-order valence-electron chi connectivity index (χ0n) is 8.10. The van der Waals surface area contributed by atoms with E-state index in [0.29, 0.717) is 18.1 Å². The molecule has 1 rings (SSSR count). The zero-order chi connectivity index (χ0) is 10.6. The van der Waals surface area contributed by atoms with Gasteiger partial charge in [-0.2, -0.15) is 0 Å². The van der Waals surface area contributed by atoms with Gasteiger partial charge in [-0.05, 0) is 13.0 Å². The fourth-order valence-corrected chi connectivity index (χ4v) is 1.15. The molecular formula is C9H14N4O. The second-order valence-corrected chi connectivity index (χ2v) is 2.93. The Bertz CT molecular complexity index is 326. The van der Waals surface area contributed by atoms with Crippen molar-refractivity contribution >= 4 is 17.4 Å². The molecule has 1 aromatic heterocycles. The van der Waals surface area contributed by atoms with Gasteiger partial charge < -0.3 is 16.4 Å². The quantitative estimate of drug-likeness (QED) is 0.705. The normalized spacial score (nSPS) is 9.79. The zero-order valence-corrected chi connectivity index (χ0v) is 8.10. The van der Waals surface area contributed by atoms with Gasteiger partial charge in [0.25, 0.3) is 0 Å². The van der Waals surface area contributed by atoms with Crippen molar-refractivity contribution in [2.75, 3.05) is 23.7 Å². The van der Waals surface area contributed by atoms with Crippen LogP contribution in [0, 0.1) is 0 Å². The smallest absolute Gasteiger partial charge is 0.236 e. The Kier molecular flexibility index (Phi) is 3.28. The molecule has 0 atom stereocenters. The van der Waals surface area contributed by atoms with E-state index in [2.05, 4.69) is 4.98 Å². The molecule has 76 valence electrons. The number of primary amides is 1. The number of anilines is 2. The molecule has 0 bridgehead atoms. The van der Waals surface area contributed by atoms with E-state index in [1.54, 1.807) is 23.2 Å². The number of hydrogen-bond donors (Lipinski definition) is 2. The first-order chi connectivity index (χ1) is 6.63. The van der Waals surface area contributed by atoms with Gasteiger partial charge in [-0.3, -0.25) is 4.79 Å². The third kappa shape index (κ3) is 2.62. The van der Waals surface area contributed by atoms with Crippen molar-refractivity contribution < 1.29 is 4.79 Å². The van der Waals surface area contributed by atoms with Crippen molar-refractivity contribution in [3.05, 3.63) is 18.3 Å². The Morgan fingerprint density at radius 1 is 1.64 bits per heavy atom. The molecule has 5 heteroatoms. The van der Waals surface area contributed by atoms with Gasteiger partial charge in [-0.1, -0.05) is 0 Å². The number of hydrogen-bond acceptors (Lipinski definition) is 4. The molecule has 0 unspecified atom stereocenters. The monoisotopic (exact) mass is 194 g/mol. The van der Waals surface area contributed by atoms with Gasteiger partial charge in [0, 0.05) is 24.5 Å². The predicted molar refractivity (Wildman–Crippen MR) is 55.7 cm³/mol. The lowest BCUT2D eigenvalue weighted by Gasteiger charge is -2.19. The van der Waals surface area contributed by atoms with Gasteiger partial charge in [0.15, 0.2) is 0 Å². The molecule has 0 saturated heterocycles. The highest BCUT2D eigenvalue weighted by molar-refractivity contribution is 5.79. The van der Waals surface area contributed by atoms with Crippen LogP contribution in [0.5, 0.6) is 0 Å². The summed E-state index contributed by atoms with van der Waals surface area (Å²) < 4.78 is 0. The number of carbonyl (C=O) groups excluding carboxylic acids is 1. The molecule has 14 heavy (non-hydrogen) atoms. The van der Waals surface area contributed by atoms with Crippen molar-refractivity contribution in [2.45, 2.75) is 6.92 Å². The van der Waals surface area contributed by atoms with Crippen molar-refractivity contribution in [1.29, 1.82) is 0 Å². The molecule has 4 N–H and O–H groups in total. The molecule has 0 aromatic carbocycles. The van der Waals surface area contributed by atoms with Gasteiger partial charge in [-0.25, -0.2) is 4.98 Å². The van der Waals surface area contributed by atoms with Crippen LogP contribution in [0.15, 0.2) is 18.3 Å². The van der Waals surface area contributed by atoms with E-state index in [9.17, 15) is 4.79 Å². The number of nitrogen functional groups attached to an aromatic ring is 1. The lowest BCUT2D eigenvalue weighted by atomic mass is 10.3. The number of rotatable bonds is 4. The maximum absolute atomic E-state index is 10.7. The molecule has 1 aromatic rings. The third-order valence-corrected chi connectivity index (χ3v) is 1.82. The van der Waals surface area contributed by atoms with Crippen LogP contribution in [0.25, 0.3) is 0 Å². The Labute approximate surface area is 82.7 Å². The second kappa shape index (κ2) is 4.45. The Morgan fingerprint density at radius 2 is 2.36 bits per heavy atom. The van der Waals surface area contributed by atoms with E-state index in [1.807, 2.05) is 6.92 Å². The summed E-state index contributed by atoms with van der Waals surface area (Å²) in [6, 6.07) is 3.41. The summed E-state index contributed by atoms with van der Waals surface area (Å²) in [6.07, 6.45) is 1.61. The molecule has 0 saturated carbocycles. The van der Waals surface area contributed by atoms with Crippen LogP contribution in [-0.2, 0) is 4.79 Å². The Hall–Kier alpha value is -1.78. The van der Waals surface area contributed by atoms with E-state index in [1.165, 1.54) is 0 Å². The molecule has 0 aliphatic carbocycles. The number of pyridine rings is 1. The van der Waals surface area contributed by atoms with E-state index in [4.69, 9.17) is 11.5 Å². The number of carbonyl (C=O) groups is 1. The summed E-state index contributed by atoms with van der Waals surface area (Å²) in [7, 11) is 0. The summed E-state index contributed by atoms with van der Waals surface area (Å²) in [5.74, 6) is 0.294. The number of nitrogens with two attached hydrogens (primary N) is 2. The number of nitrogens with zero attached hydrogens (tertiary/aromatic N) is 2. The minimum Gasteiger partial charge on any atom is -0.399 e. The standard InChI is InChI=1S/C9H14N4O/c1-2-13(6-8(11)14)9-5-7(10)3-4-12-9/h3-5H,2,6H2,1H3,(H2,10,12)(H2,11,14). The average molecular weight is 194 g/mol. The highest BCUT2D eigenvalue weighted by atomic mass is 16.1. The minimum atomic E-state index is -0.379. The number of amides is 1. The van der Waals surface area contributed by atoms with Crippen LogP contribution < -0.4 is 16.4 Å². The summed E-state index contributed by atoms with van der Waals surface area (Å²) in [5.41, 5.74) is 11.3. The third-order valence-electron chi connectivity index (χ3n) is 1.82. The van der Waals surface area contributed by atoms with E-state index in [-0.39, 0.29) is 12.5 Å². The summed E-state index contributed by atoms with van der Waals surface area (Å²) >= 11 is 0. The molecule has 1 heterocycles. The van der Waals surface area contributed by atoms with Crippen LogP contribution in [0.2, 0.25) is 0 Å². The summed E-state index contributed by atoms with van der Waals surface area (Å²) in [6.45, 7) is 2.75. The van der Waals surface area contributed by atoms with Gasteiger partial charge in [0.1, 0.15) is 5.82 Å². The van der Waals surface area contributed by atoms with Crippen LogP contribution in [-0.4, -0.2) is 24.0 Å². The first kappa shape index (κ1) is 10.3. The molecule has 0 aliphatic rings. The lowest BCUT2D eigenvalue weighted by Crippen LogP contribution is -2.34. The molecule has 0 fully saturated rings. The highest BCUT2D eigenvalue weighted by Crippen LogP contribution is 2.12. The molecule has 5 nitrogen and oxygen atoms in total. The van der Waals surface area contributed by atoms with Crippen molar-refractivity contribution in [3.63, 3.8) is 0 Å². The van der Waals surface area contributed by atoms with Crippen LogP contribution >= 0.6 is 0 Å². The molecule has 1 amide bonds. The molecular weight excluding hydrogens is 180 g/mol. The maximum atomic E-state index is 10.7. The first-order valence-corrected chi connectivity index (χ1v) is 4.38. The topological polar surface area (TPSA) is 85.2 Å².